The Morgan fingerprint density at radius 2 is 2.07 bits per heavy atom. The van der Waals surface area contributed by atoms with Crippen molar-refractivity contribution < 1.29 is 4.79 Å². The lowest BCUT2D eigenvalue weighted by atomic mass is 10.3. The molecule has 1 saturated heterocycles. The summed E-state index contributed by atoms with van der Waals surface area (Å²) in [6.45, 7) is 2.60. The second-order valence-electron chi connectivity index (χ2n) is 3.08. The van der Waals surface area contributed by atoms with Crippen LogP contribution >= 0.6 is 23.5 Å². The van der Waals surface area contributed by atoms with Gasteiger partial charge in [0.05, 0.1) is 0 Å². The third kappa shape index (κ3) is 1.92. The van der Waals surface area contributed by atoms with E-state index in [-0.39, 0.29) is 10.9 Å². The molecule has 1 aromatic rings. The Kier molecular flexibility index (Phi) is 3.07. The predicted octanol–water partition coefficient (Wildman–Crippen LogP) is 3.12. The summed E-state index contributed by atoms with van der Waals surface area (Å²) in [6.07, 6.45) is 0. The highest BCUT2D eigenvalue weighted by atomic mass is 35.5. The van der Waals surface area contributed by atoms with Crippen molar-refractivity contribution in [2.75, 3.05) is 11.4 Å². The molecular weight excluding hydrogens is 232 g/mol. The molecule has 15 heavy (non-hydrogen) atoms. The maximum atomic E-state index is 11.9. The third-order valence-corrected chi connectivity index (χ3v) is 3.65. The monoisotopic (exact) mass is 242 g/mol. The number of benzene rings is 1. The summed E-state index contributed by atoms with van der Waals surface area (Å²) < 4.78 is 1.66. The molecule has 1 aliphatic rings. The Labute approximate surface area is 98.1 Å². The van der Waals surface area contributed by atoms with Crippen LogP contribution in [0, 0.1) is 0 Å². The fourth-order valence-corrected chi connectivity index (χ4v) is 2.76. The largest absolute Gasteiger partial charge is 0.336 e. The van der Waals surface area contributed by atoms with Gasteiger partial charge in [0.2, 0.25) is 0 Å². The SMILES string of the molecule is CCN1SC(Cl)N(c2ccccc2)C1=O. The van der Waals surface area contributed by atoms with Crippen molar-refractivity contribution in [1.29, 1.82) is 0 Å². The minimum Gasteiger partial charge on any atom is -0.266 e. The lowest BCUT2D eigenvalue weighted by Gasteiger charge is -2.17. The first-order chi connectivity index (χ1) is 7.24. The molecular formula is C10H11ClN2OS. The number of anilines is 1. The first-order valence-electron chi connectivity index (χ1n) is 4.70. The number of halogens is 1. The van der Waals surface area contributed by atoms with Crippen LogP contribution in [0.3, 0.4) is 0 Å². The van der Waals surface area contributed by atoms with Gasteiger partial charge in [0.25, 0.3) is 0 Å². The molecule has 1 atom stereocenters. The van der Waals surface area contributed by atoms with Gasteiger partial charge < -0.3 is 0 Å². The molecule has 2 amide bonds. The number of hydrogen-bond donors (Lipinski definition) is 0. The molecule has 0 N–H and O–H groups in total. The Balaban J connectivity index is 2.27. The molecule has 0 aliphatic carbocycles. The Hall–Kier alpha value is -0.870. The van der Waals surface area contributed by atoms with Gasteiger partial charge in [-0.2, -0.15) is 0 Å². The predicted molar refractivity (Wildman–Crippen MR) is 63.9 cm³/mol. The summed E-state index contributed by atoms with van der Waals surface area (Å²) in [4.78, 5) is 13.1. The number of carbonyl (C=O) groups excluding carboxylic acids is 1. The van der Waals surface area contributed by atoms with Gasteiger partial charge in [0.1, 0.15) is 0 Å². The van der Waals surface area contributed by atoms with Crippen LogP contribution in [0.4, 0.5) is 10.5 Å². The maximum absolute atomic E-state index is 11.9. The number of hydrogen-bond acceptors (Lipinski definition) is 2. The molecule has 80 valence electrons. The van der Waals surface area contributed by atoms with Crippen molar-refractivity contribution in [3.63, 3.8) is 0 Å². The summed E-state index contributed by atoms with van der Waals surface area (Å²) in [6, 6.07) is 9.42. The minimum atomic E-state index is -0.347. The van der Waals surface area contributed by atoms with Crippen molar-refractivity contribution in [2.45, 2.75) is 11.8 Å². The van der Waals surface area contributed by atoms with Crippen LogP contribution in [0.1, 0.15) is 6.92 Å². The molecule has 0 spiro atoms. The fraction of sp³-hybridized carbons (Fsp3) is 0.300. The van der Waals surface area contributed by atoms with Crippen molar-refractivity contribution in [2.24, 2.45) is 0 Å². The number of rotatable bonds is 2. The van der Waals surface area contributed by atoms with Crippen LogP contribution in [0.5, 0.6) is 0 Å². The second kappa shape index (κ2) is 4.33. The highest BCUT2D eigenvalue weighted by Crippen LogP contribution is 2.36. The summed E-state index contributed by atoms with van der Waals surface area (Å²) >= 11 is 7.46. The van der Waals surface area contributed by atoms with Crippen LogP contribution in [0.15, 0.2) is 30.3 Å². The van der Waals surface area contributed by atoms with Gasteiger partial charge in [0, 0.05) is 12.2 Å². The number of carbonyl (C=O) groups is 1. The van der Waals surface area contributed by atoms with E-state index in [0.717, 1.165) is 5.69 Å². The Bertz CT molecular complexity index is 360. The summed E-state index contributed by atoms with van der Waals surface area (Å²) in [5.41, 5.74) is 0.839. The summed E-state index contributed by atoms with van der Waals surface area (Å²) in [5.74, 6) is 0. The number of alkyl halides is 1. The van der Waals surface area contributed by atoms with Gasteiger partial charge in [-0.1, -0.05) is 29.8 Å². The molecule has 2 rings (SSSR count). The zero-order valence-corrected chi connectivity index (χ0v) is 9.83. The van der Waals surface area contributed by atoms with Crippen LogP contribution in [-0.2, 0) is 0 Å². The fourth-order valence-electron chi connectivity index (χ4n) is 1.43. The number of nitrogens with zero attached hydrogens (tertiary/aromatic N) is 2. The van der Waals surface area contributed by atoms with E-state index in [1.807, 2.05) is 37.3 Å². The van der Waals surface area contributed by atoms with E-state index in [1.54, 1.807) is 9.21 Å². The van der Waals surface area contributed by atoms with E-state index in [1.165, 1.54) is 11.9 Å². The number of amides is 2. The van der Waals surface area contributed by atoms with Gasteiger partial charge in [-0.05, 0) is 31.0 Å². The van der Waals surface area contributed by atoms with Crippen molar-refractivity contribution in [3.8, 4) is 0 Å². The normalized spacial score (nSPS) is 21.2. The molecule has 1 heterocycles. The van der Waals surface area contributed by atoms with E-state index < -0.39 is 0 Å². The zero-order valence-electron chi connectivity index (χ0n) is 8.26. The smallest absolute Gasteiger partial charge is 0.266 e. The van der Waals surface area contributed by atoms with Gasteiger partial charge >= 0.3 is 6.03 Å². The first-order valence-corrected chi connectivity index (χ1v) is 5.98. The van der Waals surface area contributed by atoms with E-state index in [2.05, 4.69) is 0 Å². The zero-order chi connectivity index (χ0) is 10.8. The topological polar surface area (TPSA) is 23.6 Å². The Morgan fingerprint density at radius 1 is 1.40 bits per heavy atom. The lowest BCUT2D eigenvalue weighted by Crippen LogP contribution is -2.32. The molecule has 1 unspecified atom stereocenters. The molecule has 1 aromatic carbocycles. The highest BCUT2D eigenvalue weighted by Gasteiger charge is 2.37. The van der Waals surface area contributed by atoms with Crippen molar-refractivity contribution in [3.05, 3.63) is 30.3 Å². The molecule has 0 aromatic heterocycles. The molecule has 1 aliphatic heterocycles. The molecule has 5 heteroatoms. The second-order valence-corrected chi connectivity index (χ2v) is 4.85. The Morgan fingerprint density at radius 3 is 2.60 bits per heavy atom. The molecule has 0 bridgehead atoms. The quantitative estimate of drug-likeness (QED) is 0.452. The van der Waals surface area contributed by atoms with Crippen LogP contribution in [0.25, 0.3) is 0 Å². The van der Waals surface area contributed by atoms with E-state index >= 15 is 0 Å². The molecule has 1 fully saturated rings. The summed E-state index contributed by atoms with van der Waals surface area (Å²) in [7, 11) is 0. The average molecular weight is 243 g/mol. The van der Waals surface area contributed by atoms with E-state index in [4.69, 9.17) is 11.6 Å². The molecule has 3 nitrogen and oxygen atoms in total. The van der Waals surface area contributed by atoms with E-state index in [9.17, 15) is 4.79 Å². The maximum Gasteiger partial charge on any atom is 0.336 e. The first kappa shape index (κ1) is 10.6. The van der Waals surface area contributed by atoms with Gasteiger partial charge in [-0.3, -0.25) is 9.21 Å². The van der Waals surface area contributed by atoms with Crippen molar-refractivity contribution in [1.82, 2.24) is 4.31 Å². The van der Waals surface area contributed by atoms with Gasteiger partial charge in [0.15, 0.2) is 4.83 Å². The number of para-hydroxylation sites is 1. The number of urea groups is 1. The van der Waals surface area contributed by atoms with Crippen LogP contribution < -0.4 is 4.90 Å². The molecule has 0 radical (unpaired) electrons. The molecule has 0 saturated carbocycles. The van der Waals surface area contributed by atoms with E-state index in [0.29, 0.717) is 6.54 Å². The lowest BCUT2D eigenvalue weighted by molar-refractivity contribution is 0.236. The van der Waals surface area contributed by atoms with Gasteiger partial charge in [-0.15, -0.1) is 0 Å². The van der Waals surface area contributed by atoms with Crippen LogP contribution in [0.2, 0.25) is 0 Å². The highest BCUT2D eigenvalue weighted by molar-refractivity contribution is 8.00. The third-order valence-electron chi connectivity index (χ3n) is 2.16. The van der Waals surface area contributed by atoms with Gasteiger partial charge in [-0.25, -0.2) is 4.79 Å². The minimum absolute atomic E-state index is 0.0475. The average Bonchev–Trinajstić information content (AvgIpc) is 2.55. The summed E-state index contributed by atoms with van der Waals surface area (Å²) in [5, 5.41) is 0. The van der Waals surface area contributed by atoms with Crippen molar-refractivity contribution >= 4 is 35.3 Å². The standard InChI is InChI=1S/C10H11ClN2OS/c1-2-12-10(14)13(9(11)15-12)8-6-4-3-5-7-8/h3-7,9H,2H2,1H3. The van der Waals surface area contributed by atoms with Crippen LogP contribution in [-0.4, -0.2) is 21.7 Å².